The third-order valence-electron chi connectivity index (χ3n) is 1.58. The predicted molar refractivity (Wildman–Crippen MR) is 51.4 cm³/mol. The van der Waals surface area contributed by atoms with Gasteiger partial charge in [0.1, 0.15) is 0 Å². The van der Waals surface area contributed by atoms with Gasteiger partial charge >= 0.3 is 0 Å². The van der Waals surface area contributed by atoms with Gasteiger partial charge in [0.2, 0.25) is 0 Å². The molecule has 0 atom stereocenters. The highest BCUT2D eigenvalue weighted by molar-refractivity contribution is 5.25. The van der Waals surface area contributed by atoms with Gasteiger partial charge in [0.15, 0.2) is 0 Å². The maximum Gasteiger partial charge on any atom is 0.0181 e. The number of allylic oxidation sites excluding steroid dienone is 2. The fraction of sp³-hybridized carbons (Fsp3) is 0.400. The third-order valence-corrected chi connectivity index (χ3v) is 1.58. The molecule has 1 N–H and O–H groups in total. The van der Waals surface area contributed by atoms with E-state index >= 15 is 0 Å². The molecule has 0 fully saturated rings. The maximum absolute atomic E-state index is 3.88. The highest BCUT2D eigenvalue weighted by Crippen LogP contribution is 2.09. The van der Waals surface area contributed by atoms with Gasteiger partial charge in [-0.15, -0.1) is 0 Å². The van der Waals surface area contributed by atoms with Gasteiger partial charge in [0.25, 0.3) is 0 Å². The van der Waals surface area contributed by atoms with Crippen molar-refractivity contribution < 1.29 is 0 Å². The van der Waals surface area contributed by atoms with Gasteiger partial charge in [-0.05, 0) is 32.0 Å². The van der Waals surface area contributed by atoms with Crippen molar-refractivity contribution in [2.75, 3.05) is 6.54 Å². The van der Waals surface area contributed by atoms with E-state index in [1.54, 1.807) is 6.20 Å². The minimum atomic E-state index is 0.941. The van der Waals surface area contributed by atoms with Crippen molar-refractivity contribution >= 4 is 0 Å². The summed E-state index contributed by atoms with van der Waals surface area (Å²) in [5.74, 6) is 0. The molecule has 0 saturated carbocycles. The first kappa shape index (κ1) is 10.0. The topological polar surface area (TPSA) is 12.0 Å². The van der Waals surface area contributed by atoms with Crippen molar-refractivity contribution in [2.24, 2.45) is 0 Å². The van der Waals surface area contributed by atoms with E-state index < -0.39 is 0 Å². The van der Waals surface area contributed by atoms with E-state index in [2.05, 4.69) is 24.6 Å². The molecule has 0 aromatic rings. The average Bonchev–Trinajstić information content (AvgIpc) is 1.97. The quantitative estimate of drug-likeness (QED) is 0.470. The van der Waals surface area contributed by atoms with Crippen LogP contribution in [0.25, 0.3) is 0 Å². The van der Waals surface area contributed by atoms with Crippen LogP contribution in [0.3, 0.4) is 0 Å². The largest absolute Gasteiger partial charge is 0.391 e. The highest BCUT2D eigenvalue weighted by atomic mass is 14.8. The smallest absolute Gasteiger partial charge is 0.0181 e. The molecule has 0 aliphatic heterocycles. The average molecular weight is 151 g/mol. The second-order valence-electron chi connectivity index (χ2n) is 2.50. The Kier molecular flexibility index (Phi) is 5.26. The van der Waals surface area contributed by atoms with E-state index in [-0.39, 0.29) is 0 Å². The Bertz CT molecular complexity index is 166. The monoisotopic (exact) mass is 151 g/mol. The van der Waals surface area contributed by atoms with Crippen LogP contribution in [0.15, 0.2) is 36.6 Å². The van der Waals surface area contributed by atoms with Crippen LogP contribution < -0.4 is 5.32 Å². The summed E-state index contributed by atoms with van der Waals surface area (Å²) in [7, 11) is 0. The van der Waals surface area contributed by atoms with Crippen molar-refractivity contribution in [3.8, 4) is 0 Å². The normalized spacial score (nSPS) is 10.9. The lowest BCUT2D eigenvalue weighted by molar-refractivity contribution is 0.829. The van der Waals surface area contributed by atoms with Crippen LogP contribution in [-0.4, -0.2) is 6.54 Å². The molecule has 1 heteroatoms. The van der Waals surface area contributed by atoms with E-state index in [9.17, 15) is 0 Å². The van der Waals surface area contributed by atoms with Gasteiger partial charge in [0, 0.05) is 6.54 Å². The van der Waals surface area contributed by atoms with Crippen molar-refractivity contribution in [2.45, 2.75) is 20.3 Å². The molecule has 0 spiro atoms. The lowest BCUT2D eigenvalue weighted by Crippen LogP contribution is -2.07. The van der Waals surface area contributed by atoms with Crippen LogP contribution in [0.1, 0.15) is 20.3 Å². The molecule has 0 unspecified atom stereocenters. The molecule has 62 valence electrons. The van der Waals surface area contributed by atoms with Crippen LogP contribution >= 0.6 is 0 Å². The van der Waals surface area contributed by atoms with Crippen molar-refractivity contribution in [3.05, 3.63) is 36.6 Å². The lowest BCUT2D eigenvalue weighted by atomic mass is 10.1. The van der Waals surface area contributed by atoms with E-state index in [0.29, 0.717) is 0 Å². The molecule has 0 heterocycles. The molecular formula is C10H17N. The summed E-state index contributed by atoms with van der Waals surface area (Å²) in [6.07, 6.45) is 4.84. The summed E-state index contributed by atoms with van der Waals surface area (Å²) >= 11 is 0. The van der Waals surface area contributed by atoms with Crippen LogP contribution in [0.2, 0.25) is 0 Å². The molecule has 0 saturated heterocycles. The molecule has 0 radical (unpaired) electrons. The van der Waals surface area contributed by atoms with Gasteiger partial charge in [-0.3, -0.25) is 0 Å². The molecule has 0 aliphatic rings. The first-order chi connectivity index (χ1) is 5.22. The molecule has 0 amide bonds. The van der Waals surface area contributed by atoms with Crippen LogP contribution in [0.5, 0.6) is 0 Å². The Morgan fingerprint density at radius 3 is 2.55 bits per heavy atom. The number of rotatable bonds is 5. The van der Waals surface area contributed by atoms with Gasteiger partial charge in [-0.2, -0.15) is 0 Å². The molecule has 1 nitrogen and oxygen atoms in total. The molecule has 11 heavy (non-hydrogen) atoms. The zero-order valence-electron chi connectivity index (χ0n) is 7.48. The highest BCUT2D eigenvalue weighted by Gasteiger charge is 1.94. The Morgan fingerprint density at radius 2 is 2.18 bits per heavy atom. The summed E-state index contributed by atoms with van der Waals surface area (Å²) < 4.78 is 0. The summed E-state index contributed by atoms with van der Waals surface area (Å²) in [5.41, 5.74) is 2.47. The van der Waals surface area contributed by atoms with Gasteiger partial charge in [0.05, 0.1) is 0 Å². The van der Waals surface area contributed by atoms with Crippen LogP contribution in [0, 0.1) is 0 Å². The van der Waals surface area contributed by atoms with Crippen molar-refractivity contribution in [1.29, 1.82) is 0 Å². The zero-order chi connectivity index (χ0) is 8.69. The molecule has 0 bridgehead atoms. The van der Waals surface area contributed by atoms with Crippen molar-refractivity contribution in [3.63, 3.8) is 0 Å². The van der Waals surface area contributed by atoms with E-state index in [0.717, 1.165) is 18.5 Å². The van der Waals surface area contributed by atoms with Gasteiger partial charge in [-0.1, -0.05) is 24.8 Å². The van der Waals surface area contributed by atoms with Crippen molar-refractivity contribution in [1.82, 2.24) is 5.32 Å². The van der Waals surface area contributed by atoms with Crippen LogP contribution in [-0.2, 0) is 0 Å². The zero-order valence-corrected chi connectivity index (χ0v) is 7.48. The summed E-state index contributed by atoms with van der Waals surface area (Å²) in [5, 5.41) is 3.05. The Balaban J connectivity index is 3.72. The molecule has 0 rings (SSSR count). The van der Waals surface area contributed by atoms with Gasteiger partial charge in [-0.25, -0.2) is 0 Å². The Labute approximate surface area is 69.5 Å². The Hall–Kier alpha value is -0.980. The number of hydrogen-bond donors (Lipinski definition) is 1. The molecular weight excluding hydrogens is 134 g/mol. The van der Waals surface area contributed by atoms with Gasteiger partial charge < -0.3 is 5.32 Å². The predicted octanol–water partition coefficient (Wildman–Crippen LogP) is 2.63. The summed E-state index contributed by atoms with van der Waals surface area (Å²) in [4.78, 5) is 0. The number of hydrogen-bond acceptors (Lipinski definition) is 1. The minimum Gasteiger partial charge on any atom is -0.391 e. The van der Waals surface area contributed by atoms with E-state index in [4.69, 9.17) is 0 Å². The second-order valence-corrected chi connectivity index (χ2v) is 2.50. The summed E-state index contributed by atoms with van der Waals surface area (Å²) in [6, 6.07) is 0. The van der Waals surface area contributed by atoms with E-state index in [1.165, 1.54) is 5.57 Å². The third kappa shape index (κ3) is 4.43. The fourth-order valence-corrected chi connectivity index (χ4v) is 0.913. The lowest BCUT2D eigenvalue weighted by Gasteiger charge is -2.05. The SMILES string of the molecule is C=CNCCC(=CC)C(=C)C. The maximum atomic E-state index is 3.88. The molecule has 0 aromatic heterocycles. The first-order valence-electron chi connectivity index (χ1n) is 3.87. The minimum absolute atomic E-state index is 0.941. The van der Waals surface area contributed by atoms with E-state index in [1.807, 2.05) is 13.8 Å². The first-order valence-corrected chi connectivity index (χ1v) is 3.87. The molecule has 0 aromatic carbocycles. The second kappa shape index (κ2) is 5.78. The number of nitrogens with one attached hydrogen (secondary N) is 1. The molecule has 0 aliphatic carbocycles. The Morgan fingerprint density at radius 1 is 1.55 bits per heavy atom. The summed E-state index contributed by atoms with van der Waals surface area (Å²) in [6.45, 7) is 12.5. The fourth-order valence-electron chi connectivity index (χ4n) is 0.913. The van der Waals surface area contributed by atoms with Crippen LogP contribution in [0.4, 0.5) is 0 Å². The standard InChI is InChI=1S/C10H17N/c1-5-10(9(3)4)7-8-11-6-2/h5-6,11H,2-3,7-8H2,1,4H3.